The van der Waals surface area contributed by atoms with E-state index in [0.717, 1.165) is 15.4 Å². The van der Waals surface area contributed by atoms with Crippen molar-refractivity contribution >= 4 is 27.8 Å². The van der Waals surface area contributed by atoms with Crippen molar-refractivity contribution in [2.24, 2.45) is 5.10 Å². The average molecular weight is 452 g/mol. The standard InChI is InChI=1S/C24H25N3O4S/c1-18-13-14-21(15-19(18)2)27(32(29,30)22-10-5-4-6-11-22)17-24(28)26-25-16-20-9-7-8-12-23(20)31-3/h4-16H,17H2,1-3H3,(H,26,28)/b25-16-. The molecule has 0 unspecified atom stereocenters. The maximum Gasteiger partial charge on any atom is 0.264 e. The highest BCUT2D eigenvalue weighted by Crippen LogP contribution is 2.25. The van der Waals surface area contributed by atoms with E-state index >= 15 is 0 Å². The van der Waals surface area contributed by atoms with Gasteiger partial charge in [-0.15, -0.1) is 0 Å². The fourth-order valence-electron chi connectivity index (χ4n) is 3.03. The van der Waals surface area contributed by atoms with Gasteiger partial charge in [0.2, 0.25) is 0 Å². The van der Waals surface area contributed by atoms with Crippen LogP contribution in [0.15, 0.2) is 82.8 Å². The molecule has 166 valence electrons. The van der Waals surface area contributed by atoms with E-state index in [0.29, 0.717) is 17.0 Å². The van der Waals surface area contributed by atoms with Gasteiger partial charge in [0.1, 0.15) is 12.3 Å². The summed E-state index contributed by atoms with van der Waals surface area (Å²) in [6, 6.07) is 20.5. The van der Waals surface area contributed by atoms with E-state index in [1.54, 1.807) is 49.6 Å². The third kappa shape index (κ3) is 5.33. The molecule has 3 aromatic rings. The molecule has 0 fully saturated rings. The van der Waals surface area contributed by atoms with Gasteiger partial charge in [0.05, 0.1) is 23.9 Å². The summed E-state index contributed by atoms with van der Waals surface area (Å²) >= 11 is 0. The number of hydrogen-bond acceptors (Lipinski definition) is 5. The zero-order valence-corrected chi connectivity index (χ0v) is 19.0. The number of nitrogens with one attached hydrogen (secondary N) is 1. The molecule has 3 rings (SSSR count). The summed E-state index contributed by atoms with van der Waals surface area (Å²) in [4.78, 5) is 12.7. The molecule has 0 aliphatic carbocycles. The van der Waals surface area contributed by atoms with Crippen molar-refractivity contribution in [3.63, 3.8) is 0 Å². The van der Waals surface area contributed by atoms with Crippen molar-refractivity contribution in [1.29, 1.82) is 0 Å². The number of rotatable bonds is 8. The van der Waals surface area contributed by atoms with Gasteiger partial charge in [-0.2, -0.15) is 5.10 Å². The minimum Gasteiger partial charge on any atom is -0.496 e. The van der Waals surface area contributed by atoms with E-state index in [2.05, 4.69) is 10.5 Å². The Morgan fingerprint density at radius 1 is 1.00 bits per heavy atom. The Bertz CT molecular complexity index is 1230. The number of anilines is 1. The minimum absolute atomic E-state index is 0.101. The summed E-state index contributed by atoms with van der Waals surface area (Å²) in [5.41, 5.74) is 5.43. The van der Waals surface area contributed by atoms with Gasteiger partial charge in [0.15, 0.2) is 0 Å². The number of sulfonamides is 1. The lowest BCUT2D eigenvalue weighted by Gasteiger charge is -2.24. The maximum atomic E-state index is 13.3. The number of methoxy groups -OCH3 is 1. The van der Waals surface area contributed by atoms with Crippen LogP contribution in [0, 0.1) is 13.8 Å². The minimum atomic E-state index is -3.97. The fraction of sp³-hybridized carbons (Fsp3) is 0.167. The fourth-order valence-corrected chi connectivity index (χ4v) is 4.46. The predicted octanol–water partition coefficient (Wildman–Crippen LogP) is 3.66. The molecule has 32 heavy (non-hydrogen) atoms. The van der Waals surface area contributed by atoms with Crippen LogP contribution in [-0.4, -0.2) is 34.2 Å². The molecule has 0 spiro atoms. The van der Waals surface area contributed by atoms with Crippen molar-refractivity contribution in [3.05, 3.63) is 89.5 Å². The topological polar surface area (TPSA) is 88.1 Å². The molecule has 0 aromatic heterocycles. The van der Waals surface area contributed by atoms with E-state index in [1.165, 1.54) is 18.3 Å². The van der Waals surface area contributed by atoms with Crippen molar-refractivity contribution in [2.75, 3.05) is 18.0 Å². The molecule has 8 heteroatoms. The van der Waals surface area contributed by atoms with Crippen LogP contribution < -0.4 is 14.5 Å². The molecule has 0 atom stereocenters. The lowest BCUT2D eigenvalue weighted by Crippen LogP contribution is -2.39. The molecule has 1 N–H and O–H groups in total. The van der Waals surface area contributed by atoms with Gasteiger partial charge < -0.3 is 4.74 Å². The Labute approximate surface area is 188 Å². The van der Waals surface area contributed by atoms with Crippen molar-refractivity contribution in [3.8, 4) is 5.75 Å². The predicted molar refractivity (Wildman–Crippen MR) is 126 cm³/mol. The first kappa shape index (κ1) is 23.0. The molecule has 0 heterocycles. The van der Waals surface area contributed by atoms with Gasteiger partial charge in [-0.1, -0.05) is 36.4 Å². The van der Waals surface area contributed by atoms with Gasteiger partial charge in [-0.05, 0) is 61.4 Å². The number of hydrogen-bond donors (Lipinski definition) is 1. The normalized spacial score (nSPS) is 11.3. The lowest BCUT2D eigenvalue weighted by atomic mass is 10.1. The Morgan fingerprint density at radius 2 is 1.69 bits per heavy atom. The zero-order valence-electron chi connectivity index (χ0n) is 18.1. The molecular formula is C24H25N3O4S. The van der Waals surface area contributed by atoms with Crippen LogP contribution in [0.25, 0.3) is 0 Å². The molecule has 7 nitrogen and oxygen atoms in total. The quantitative estimate of drug-likeness (QED) is 0.418. The first-order valence-corrected chi connectivity index (χ1v) is 11.4. The van der Waals surface area contributed by atoms with Crippen LogP contribution in [0.5, 0.6) is 5.75 Å². The van der Waals surface area contributed by atoms with Crippen LogP contribution in [0.2, 0.25) is 0 Å². The third-order valence-electron chi connectivity index (χ3n) is 4.93. The molecule has 0 radical (unpaired) electrons. The average Bonchev–Trinajstić information content (AvgIpc) is 2.80. The number of amides is 1. The summed E-state index contributed by atoms with van der Waals surface area (Å²) in [5, 5.41) is 3.96. The number of para-hydroxylation sites is 1. The van der Waals surface area contributed by atoms with Crippen LogP contribution in [0.4, 0.5) is 5.69 Å². The summed E-state index contributed by atoms with van der Waals surface area (Å²) < 4.78 is 33.0. The van der Waals surface area contributed by atoms with Gasteiger partial charge in [-0.3, -0.25) is 9.10 Å². The summed E-state index contributed by atoms with van der Waals surface area (Å²) in [6.07, 6.45) is 1.45. The van der Waals surface area contributed by atoms with Crippen LogP contribution in [0.3, 0.4) is 0 Å². The second kappa shape index (κ2) is 10.1. The Balaban J connectivity index is 1.86. The van der Waals surface area contributed by atoms with E-state index in [1.807, 2.05) is 32.0 Å². The summed E-state index contributed by atoms with van der Waals surface area (Å²) in [7, 11) is -2.42. The summed E-state index contributed by atoms with van der Waals surface area (Å²) in [5.74, 6) is 0.0304. The number of ether oxygens (including phenoxy) is 1. The maximum absolute atomic E-state index is 13.3. The molecule has 0 aliphatic rings. The smallest absolute Gasteiger partial charge is 0.264 e. The second-order valence-corrected chi connectivity index (χ2v) is 8.99. The molecule has 0 aliphatic heterocycles. The van der Waals surface area contributed by atoms with Gasteiger partial charge in [0, 0.05) is 5.56 Å². The highest BCUT2D eigenvalue weighted by molar-refractivity contribution is 7.92. The van der Waals surface area contributed by atoms with Gasteiger partial charge >= 0.3 is 0 Å². The molecule has 0 saturated heterocycles. The van der Waals surface area contributed by atoms with Gasteiger partial charge in [0.25, 0.3) is 15.9 Å². The van der Waals surface area contributed by atoms with Crippen LogP contribution in [-0.2, 0) is 14.8 Å². The molecule has 0 saturated carbocycles. The molecular weight excluding hydrogens is 426 g/mol. The molecule has 1 amide bonds. The first-order chi connectivity index (χ1) is 15.3. The highest BCUT2D eigenvalue weighted by Gasteiger charge is 2.27. The monoisotopic (exact) mass is 451 g/mol. The lowest BCUT2D eigenvalue weighted by molar-refractivity contribution is -0.119. The Kier molecular flexibility index (Phi) is 7.27. The van der Waals surface area contributed by atoms with E-state index < -0.39 is 22.5 Å². The van der Waals surface area contributed by atoms with Crippen LogP contribution >= 0.6 is 0 Å². The Hall–Kier alpha value is -3.65. The van der Waals surface area contributed by atoms with Gasteiger partial charge in [-0.25, -0.2) is 13.8 Å². The van der Waals surface area contributed by atoms with Crippen LogP contribution in [0.1, 0.15) is 16.7 Å². The number of hydrazone groups is 1. The number of carbonyl (C=O) groups is 1. The molecule has 3 aromatic carbocycles. The highest BCUT2D eigenvalue weighted by atomic mass is 32.2. The second-order valence-electron chi connectivity index (χ2n) is 7.13. The number of carbonyl (C=O) groups excluding carboxylic acids is 1. The third-order valence-corrected chi connectivity index (χ3v) is 6.72. The number of aryl methyl sites for hydroxylation is 2. The van der Waals surface area contributed by atoms with Crippen molar-refractivity contribution in [2.45, 2.75) is 18.7 Å². The van der Waals surface area contributed by atoms with E-state index in [4.69, 9.17) is 4.74 Å². The SMILES string of the molecule is COc1ccccc1/C=N\NC(=O)CN(c1ccc(C)c(C)c1)S(=O)(=O)c1ccccc1. The summed E-state index contributed by atoms with van der Waals surface area (Å²) in [6.45, 7) is 3.40. The first-order valence-electron chi connectivity index (χ1n) is 9.93. The molecule has 0 bridgehead atoms. The van der Waals surface area contributed by atoms with Crippen molar-refractivity contribution < 1.29 is 17.9 Å². The number of benzene rings is 3. The largest absolute Gasteiger partial charge is 0.496 e. The van der Waals surface area contributed by atoms with E-state index in [-0.39, 0.29) is 4.90 Å². The number of nitrogens with zero attached hydrogens (tertiary/aromatic N) is 2. The Morgan fingerprint density at radius 3 is 2.38 bits per heavy atom. The zero-order chi connectivity index (χ0) is 23.1. The van der Waals surface area contributed by atoms with Crippen molar-refractivity contribution in [1.82, 2.24) is 5.43 Å². The van der Waals surface area contributed by atoms with E-state index in [9.17, 15) is 13.2 Å².